The minimum atomic E-state index is 0.00979. The van der Waals surface area contributed by atoms with Gasteiger partial charge >= 0.3 is 0 Å². The van der Waals surface area contributed by atoms with Crippen molar-refractivity contribution in [1.29, 1.82) is 0 Å². The molecule has 19 heavy (non-hydrogen) atoms. The van der Waals surface area contributed by atoms with Crippen molar-refractivity contribution in [2.24, 2.45) is 0 Å². The number of ketones is 1. The highest BCUT2D eigenvalue weighted by Crippen LogP contribution is 2.13. The molecule has 1 aliphatic heterocycles. The van der Waals surface area contributed by atoms with Crippen molar-refractivity contribution < 1.29 is 9.59 Å². The van der Waals surface area contributed by atoms with E-state index >= 15 is 0 Å². The molecular weight excluding hydrogens is 260 g/mol. The van der Waals surface area contributed by atoms with Gasteiger partial charge in [0.05, 0.1) is 0 Å². The van der Waals surface area contributed by atoms with Crippen molar-refractivity contribution in [3.63, 3.8) is 0 Å². The maximum absolute atomic E-state index is 11.9. The van der Waals surface area contributed by atoms with Gasteiger partial charge in [0.1, 0.15) is 0 Å². The molecule has 1 heterocycles. The monoisotopic (exact) mass is 278 g/mol. The number of hydrogen-bond donors (Lipinski definition) is 2. The summed E-state index contributed by atoms with van der Waals surface area (Å²) in [5.74, 6) is 2.14. The molecule has 4 nitrogen and oxygen atoms in total. The molecule has 0 spiro atoms. The molecule has 0 aromatic heterocycles. The molecule has 1 atom stereocenters. The van der Waals surface area contributed by atoms with Crippen molar-refractivity contribution >= 4 is 29.1 Å². The number of benzene rings is 1. The molecule has 0 bridgehead atoms. The van der Waals surface area contributed by atoms with E-state index in [4.69, 9.17) is 0 Å². The molecule has 1 aromatic carbocycles. The van der Waals surface area contributed by atoms with Crippen LogP contribution in [-0.4, -0.2) is 35.8 Å². The third-order valence-corrected chi connectivity index (χ3v) is 4.14. The predicted octanol–water partition coefficient (Wildman–Crippen LogP) is 1.92. The summed E-state index contributed by atoms with van der Waals surface area (Å²) in [6.45, 7) is 2.50. The number of Topliss-reactive ketones (excluding diaryl/α,β-unsaturated/α-hetero) is 1. The van der Waals surface area contributed by atoms with Gasteiger partial charge < -0.3 is 10.6 Å². The fourth-order valence-electron chi connectivity index (χ4n) is 1.97. The molecule has 0 aliphatic carbocycles. The normalized spacial score (nSPS) is 18.9. The van der Waals surface area contributed by atoms with E-state index < -0.39 is 0 Å². The van der Waals surface area contributed by atoms with Crippen LogP contribution in [0.3, 0.4) is 0 Å². The molecule has 0 radical (unpaired) electrons. The molecule has 1 fully saturated rings. The molecule has 1 saturated heterocycles. The average molecular weight is 278 g/mol. The predicted molar refractivity (Wildman–Crippen MR) is 78.8 cm³/mol. The quantitative estimate of drug-likeness (QED) is 0.826. The highest BCUT2D eigenvalue weighted by molar-refractivity contribution is 7.99. The minimum Gasteiger partial charge on any atom is -0.326 e. The Morgan fingerprint density at radius 1 is 1.37 bits per heavy atom. The molecule has 1 aliphatic rings. The summed E-state index contributed by atoms with van der Waals surface area (Å²) in [7, 11) is 0. The lowest BCUT2D eigenvalue weighted by Gasteiger charge is -2.22. The lowest BCUT2D eigenvalue weighted by atomic mass is 10.1. The maximum atomic E-state index is 11.9. The summed E-state index contributed by atoms with van der Waals surface area (Å²) in [5.41, 5.74) is 1.39. The molecule has 0 saturated carbocycles. The fraction of sp³-hybridized carbons (Fsp3) is 0.429. The van der Waals surface area contributed by atoms with Gasteiger partial charge in [-0.2, -0.15) is 11.8 Å². The van der Waals surface area contributed by atoms with Crippen LogP contribution in [0.5, 0.6) is 0 Å². The SMILES string of the molecule is CC(=O)c1ccc(NC(=O)CC2CSCCN2)cc1. The zero-order chi connectivity index (χ0) is 13.7. The van der Waals surface area contributed by atoms with Gasteiger partial charge in [0.25, 0.3) is 0 Å². The second-order valence-electron chi connectivity index (χ2n) is 4.61. The van der Waals surface area contributed by atoms with Crippen molar-refractivity contribution in [2.75, 3.05) is 23.4 Å². The summed E-state index contributed by atoms with van der Waals surface area (Å²) in [4.78, 5) is 23.0. The Morgan fingerprint density at radius 2 is 2.11 bits per heavy atom. The van der Waals surface area contributed by atoms with Crippen LogP contribution in [0.2, 0.25) is 0 Å². The standard InChI is InChI=1S/C14H18N2O2S/c1-10(17)11-2-4-12(5-3-11)16-14(18)8-13-9-19-7-6-15-13/h2-5,13,15H,6-9H2,1H3,(H,16,18). The van der Waals surface area contributed by atoms with E-state index in [1.807, 2.05) is 11.8 Å². The van der Waals surface area contributed by atoms with Crippen LogP contribution < -0.4 is 10.6 Å². The molecule has 2 N–H and O–H groups in total. The highest BCUT2D eigenvalue weighted by Gasteiger charge is 2.16. The van der Waals surface area contributed by atoms with Crippen LogP contribution >= 0.6 is 11.8 Å². The molecule has 1 amide bonds. The van der Waals surface area contributed by atoms with E-state index in [0.717, 1.165) is 23.7 Å². The number of nitrogens with one attached hydrogen (secondary N) is 2. The second-order valence-corrected chi connectivity index (χ2v) is 5.76. The first-order valence-electron chi connectivity index (χ1n) is 6.37. The van der Waals surface area contributed by atoms with Gasteiger partial charge in [-0.3, -0.25) is 9.59 Å². The maximum Gasteiger partial charge on any atom is 0.225 e. The number of amides is 1. The summed E-state index contributed by atoms with van der Waals surface area (Å²) >= 11 is 1.88. The van der Waals surface area contributed by atoms with E-state index in [-0.39, 0.29) is 17.7 Å². The molecule has 5 heteroatoms. The van der Waals surface area contributed by atoms with E-state index in [1.165, 1.54) is 6.92 Å². The number of anilines is 1. The zero-order valence-electron chi connectivity index (χ0n) is 10.9. The number of carbonyl (C=O) groups is 2. The third-order valence-electron chi connectivity index (χ3n) is 3.01. The van der Waals surface area contributed by atoms with Gasteiger partial charge in [0.2, 0.25) is 5.91 Å². The summed E-state index contributed by atoms with van der Waals surface area (Å²) in [6.07, 6.45) is 0.488. The van der Waals surface area contributed by atoms with Gasteiger partial charge in [0, 0.05) is 41.8 Å². The lowest BCUT2D eigenvalue weighted by Crippen LogP contribution is -2.39. The number of rotatable bonds is 4. The van der Waals surface area contributed by atoms with Crippen molar-refractivity contribution in [3.8, 4) is 0 Å². The molecule has 2 rings (SSSR count). The summed E-state index contributed by atoms with van der Waals surface area (Å²) in [5, 5.41) is 6.19. The number of hydrogen-bond acceptors (Lipinski definition) is 4. The van der Waals surface area contributed by atoms with Crippen LogP contribution in [0.25, 0.3) is 0 Å². The Balaban J connectivity index is 1.85. The second kappa shape index (κ2) is 6.73. The van der Waals surface area contributed by atoms with Crippen molar-refractivity contribution in [3.05, 3.63) is 29.8 Å². The zero-order valence-corrected chi connectivity index (χ0v) is 11.8. The molecular formula is C14H18N2O2S. The molecule has 102 valence electrons. The van der Waals surface area contributed by atoms with Crippen LogP contribution in [0.4, 0.5) is 5.69 Å². The fourth-order valence-corrected chi connectivity index (χ4v) is 2.92. The summed E-state index contributed by atoms with van der Waals surface area (Å²) in [6, 6.07) is 7.24. The Kier molecular flexibility index (Phi) is 4.99. The first-order chi connectivity index (χ1) is 9.15. The van der Waals surface area contributed by atoms with Crippen LogP contribution in [0.15, 0.2) is 24.3 Å². The lowest BCUT2D eigenvalue weighted by molar-refractivity contribution is -0.116. The van der Waals surface area contributed by atoms with E-state index in [2.05, 4.69) is 10.6 Å². The smallest absolute Gasteiger partial charge is 0.225 e. The number of thioether (sulfide) groups is 1. The van der Waals surface area contributed by atoms with Crippen LogP contribution in [-0.2, 0) is 4.79 Å². The van der Waals surface area contributed by atoms with Gasteiger partial charge in [-0.1, -0.05) is 0 Å². The highest BCUT2D eigenvalue weighted by atomic mass is 32.2. The first-order valence-corrected chi connectivity index (χ1v) is 7.52. The number of carbonyl (C=O) groups excluding carboxylic acids is 2. The molecule has 1 unspecified atom stereocenters. The van der Waals surface area contributed by atoms with Crippen molar-refractivity contribution in [1.82, 2.24) is 5.32 Å². The Hall–Kier alpha value is -1.33. The Morgan fingerprint density at radius 3 is 2.68 bits per heavy atom. The van der Waals surface area contributed by atoms with Gasteiger partial charge in [-0.15, -0.1) is 0 Å². The Labute approximate surface area is 117 Å². The van der Waals surface area contributed by atoms with Gasteiger partial charge in [0.15, 0.2) is 5.78 Å². The van der Waals surface area contributed by atoms with Gasteiger partial charge in [-0.05, 0) is 31.2 Å². The van der Waals surface area contributed by atoms with Gasteiger partial charge in [-0.25, -0.2) is 0 Å². The van der Waals surface area contributed by atoms with Crippen molar-refractivity contribution in [2.45, 2.75) is 19.4 Å². The topological polar surface area (TPSA) is 58.2 Å². The average Bonchev–Trinajstić information content (AvgIpc) is 2.40. The largest absolute Gasteiger partial charge is 0.326 e. The molecule has 1 aromatic rings. The van der Waals surface area contributed by atoms with Crippen LogP contribution in [0, 0.1) is 0 Å². The van der Waals surface area contributed by atoms with E-state index in [1.54, 1.807) is 24.3 Å². The Bertz CT molecular complexity index is 453. The first kappa shape index (κ1) is 14.1. The summed E-state index contributed by atoms with van der Waals surface area (Å²) < 4.78 is 0. The minimum absolute atomic E-state index is 0.00979. The van der Waals surface area contributed by atoms with Crippen LogP contribution in [0.1, 0.15) is 23.7 Å². The third kappa shape index (κ3) is 4.36. The van der Waals surface area contributed by atoms with E-state index in [0.29, 0.717) is 12.0 Å². The van der Waals surface area contributed by atoms with E-state index in [9.17, 15) is 9.59 Å².